The lowest BCUT2D eigenvalue weighted by molar-refractivity contribution is -0.166. The third-order valence-electron chi connectivity index (χ3n) is 4.70. The Bertz CT molecular complexity index is 1030. The van der Waals surface area contributed by atoms with E-state index in [4.69, 9.17) is 0 Å². The van der Waals surface area contributed by atoms with Crippen LogP contribution in [0.5, 0.6) is 11.8 Å². The minimum Gasteiger partial charge on any atom is -0.492 e. The number of aromatic hydroxyl groups is 2. The van der Waals surface area contributed by atoms with Crippen molar-refractivity contribution in [3.8, 4) is 11.8 Å². The van der Waals surface area contributed by atoms with Crippen molar-refractivity contribution in [2.75, 3.05) is 13.2 Å². The molecule has 11 nitrogen and oxygen atoms in total. The van der Waals surface area contributed by atoms with Crippen molar-refractivity contribution < 1.29 is 55.9 Å². The van der Waals surface area contributed by atoms with Gasteiger partial charge >= 0.3 is 27.3 Å². The summed E-state index contributed by atoms with van der Waals surface area (Å²) in [5.41, 5.74) is 0.284. The van der Waals surface area contributed by atoms with Gasteiger partial charge in [-0.3, -0.25) is 4.28 Å². The van der Waals surface area contributed by atoms with Crippen LogP contribution in [-0.2, 0) is 29.2 Å². The molecule has 0 amide bonds. The quantitative estimate of drug-likeness (QED) is 0.258. The van der Waals surface area contributed by atoms with Crippen LogP contribution in [0, 0.1) is 0 Å². The summed E-state index contributed by atoms with van der Waals surface area (Å²) in [4.78, 5) is 22.5. The van der Waals surface area contributed by atoms with Gasteiger partial charge in [-0.2, -0.15) is 17.2 Å². The van der Waals surface area contributed by atoms with Crippen LogP contribution >= 0.6 is 0 Å². The Balaban J connectivity index is 1.69. The molecule has 0 aliphatic heterocycles. The summed E-state index contributed by atoms with van der Waals surface area (Å²) in [5, 5.41) is 24.5. The molecule has 1 heterocycles. The molecule has 1 aromatic rings. The number of fused-ring (bicyclic) bond motifs is 5. The Labute approximate surface area is 173 Å². The fourth-order valence-corrected chi connectivity index (χ4v) is 3.97. The number of nitrogens with zero attached hydrogens (tertiary/aromatic N) is 1. The van der Waals surface area contributed by atoms with Crippen molar-refractivity contribution >= 4 is 22.1 Å². The molecule has 0 spiro atoms. The number of hydrogen-bond donors (Lipinski definition) is 3. The zero-order chi connectivity index (χ0) is 23.1. The molecule has 170 valence electrons. The van der Waals surface area contributed by atoms with Crippen molar-refractivity contribution in [1.29, 1.82) is 0 Å². The minimum atomic E-state index is -6.10. The molecule has 2 aliphatic carbocycles. The van der Waals surface area contributed by atoms with E-state index in [1.54, 1.807) is 12.2 Å². The highest BCUT2D eigenvalue weighted by Gasteiger charge is 2.58. The number of carbonyl (C=O) groups excluding carboxylic acids is 2. The number of hydrogen-bond acceptors (Lipinski definition) is 10. The lowest BCUT2D eigenvalue weighted by Crippen LogP contribution is -2.45. The van der Waals surface area contributed by atoms with Crippen LogP contribution in [0.15, 0.2) is 24.8 Å². The van der Waals surface area contributed by atoms with E-state index in [0.717, 1.165) is 6.08 Å². The molecule has 1 aromatic heterocycles. The van der Waals surface area contributed by atoms with Gasteiger partial charge in [0.15, 0.2) is 0 Å². The minimum absolute atomic E-state index is 0.100. The van der Waals surface area contributed by atoms with E-state index in [0.29, 0.717) is 6.42 Å². The fraction of sp³-hybridized carbons (Fsp3) is 0.412. The van der Waals surface area contributed by atoms with E-state index < -0.39 is 58.4 Å². The number of aliphatic hydroxyl groups is 1. The van der Waals surface area contributed by atoms with Crippen LogP contribution in [0.25, 0.3) is 0 Å². The highest BCUT2D eigenvalue weighted by Crippen LogP contribution is 2.56. The van der Waals surface area contributed by atoms with Gasteiger partial charge < -0.3 is 24.8 Å². The number of aliphatic hydroxyl groups excluding tert-OH is 1. The van der Waals surface area contributed by atoms with Gasteiger partial charge in [0.05, 0.1) is 0 Å². The molecule has 3 rings (SSSR count). The average molecular weight is 465 g/mol. The van der Waals surface area contributed by atoms with Crippen LogP contribution in [0.3, 0.4) is 0 Å². The molecule has 3 unspecified atom stereocenters. The third kappa shape index (κ3) is 3.83. The predicted octanol–water partition coefficient (Wildman–Crippen LogP) is 0.0245. The van der Waals surface area contributed by atoms with Gasteiger partial charge in [-0.15, -0.1) is 0 Å². The van der Waals surface area contributed by atoms with Crippen LogP contribution < -0.4 is 4.28 Å². The van der Waals surface area contributed by atoms with Crippen LogP contribution in [0.4, 0.5) is 8.78 Å². The van der Waals surface area contributed by atoms with E-state index in [1.807, 2.05) is 0 Å². The standard InChI is InChI=1S/C17H17F2NO10S/c1-2-11(22)28-6-10(21)7-29-16(25)17(18,19)31(26,27)30-20-14(23)12-8-3-4-9(5-8)13(12)15(20)24/h2-4,8-10,21,23-24H,1,5-7H2. The topological polar surface area (TPSA) is 162 Å². The summed E-state index contributed by atoms with van der Waals surface area (Å²) in [7, 11) is -6.10. The lowest BCUT2D eigenvalue weighted by Gasteiger charge is -2.18. The highest BCUT2D eigenvalue weighted by molar-refractivity contribution is 7.88. The van der Waals surface area contributed by atoms with Crippen molar-refractivity contribution in [3.05, 3.63) is 35.9 Å². The Morgan fingerprint density at radius 2 is 1.71 bits per heavy atom. The lowest BCUT2D eigenvalue weighted by atomic mass is 10.0. The van der Waals surface area contributed by atoms with Gasteiger partial charge in [-0.05, 0) is 6.42 Å². The van der Waals surface area contributed by atoms with E-state index in [1.165, 1.54) is 0 Å². The zero-order valence-corrected chi connectivity index (χ0v) is 16.4. The molecule has 3 N–H and O–H groups in total. The molecule has 14 heteroatoms. The third-order valence-corrected chi connectivity index (χ3v) is 5.84. The predicted molar refractivity (Wildman–Crippen MR) is 95.6 cm³/mol. The maximum atomic E-state index is 14.2. The van der Waals surface area contributed by atoms with Gasteiger partial charge in [-0.25, -0.2) is 9.59 Å². The maximum Gasteiger partial charge on any atom is 0.478 e. The van der Waals surface area contributed by atoms with Gasteiger partial charge in [0.25, 0.3) is 0 Å². The first-order chi connectivity index (χ1) is 14.4. The first kappa shape index (κ1) is 22.6. The molecule has 31 heavy (non-hydrogen) atoms. The van der Waals surface area contributed by atoms with Crippen LogP contribution in [0.2, 0.25) is 0 Å². The molecular formula is C17H17F2NO10S. The largest absolute Gasteiger partial charge is 0.492 e. The molecule has 2 aliphatic rings. The summed E-state index contributed by atoms with van der Waals surface area (Å²) in [6.07, 6.45) is 2.96. The summed E-state index contributed by atoms with van der Waals surface area (Å²) >= 11 is 0. The molecular weight excluding hydrogens is 448 g/mol. The molecule has 2 bridgehead atoms. The van der Waals surface area contributed by atoms with Gasteiger partial charge in [0.2, 0.25) is 11.8 Å². The Hall–Kier alpha value is -3.13. The highest BCUT2D eigenvalue weighted by atomic mass is 32.2. The summed E-state index contributed by atoms with van der Waals surface area (Å²) in [6.45, 7) is 1.22. The SMILES string of the molecule is C=CC(=O)OCC(O)COC(=O)C(F)(F)S(=O)(=O)On1c(O)c2c(c1O)C1C=CC2C1. The van der Waals surface area contributed by atoms with Gasteiger partial charge in [0, 0.05) is 29.0 Å². The Kier molecular flexibility index (Phi) is 5.71. The second kappa shape index (κ2) is 7.85. The van der Waals surface area contributed by atoms with E-state index in [2.05, 4.69) is 20.3 Å². The molecule has 0 fully saturated rings. The van der Waals surface area contributed by atoms with Crippen LogP contribution in [-0.4, -0.2) is 65.0 Å². The molecule has 0 aromatic carbocycles. The van der Waals surface area contributed by atoms with Crippen molar-refractivity contribution in [3.63, 3.8) is 0 Å². The second-order valence-electron chi connectivity index (χ2n) is 6.73. The molecule has 0 radical (unpaired) electrons. The van der Waals surface area contributed by atoms with Gasteiger partial charge in [0.1, 0.15) is 19.3 Å². The molecule has 0 saturated carbocycles. The number of aromatic nitrogens is 1. The van der Waals surface area contributed by atoms with Crippen molar-refractivity contribution in [2.24, 2.45) is 0 Å². The number of rotatable bonds is 9. The number of carbonyl (C=O) groups is 2. The van der Waals surface area contributed by atoms with E-state index in [9.17, 15) is 42.1 Å². The number of alkyl halides is 2. The first-order valence-corrected chi connectivity index (χ1v) is 10.1. The number of halogens is 2. The Morgan fingerprint density at radius 1 is 1.19 bits per heavy atom. The van der Waals surface area contributed by atoms with Crippen LogP contribution in [0.1, 0.15) is 29.4 Å². The normalized spacial score (nSPS) is 20.2. The van der Waals surface area contributed by atoms with Crippen molar-refractivity contribution in [1.82, 2.24) is 4.73 Å². The Morgan fingerprint density at radius 3 is 2.23 bits per heavy atom. The maximum absolute atomic E-state index is 14.2. The molecule has 3 atom stereocenters. The van der Waals surface area contributed by atoms with E-state index >= 15 is 0 Å². The zero-order valence-electron chi connectivity index (χ0n) is 15.6. The van der Waals surface area contributed by atoms with E-state index in [-0.39, 0.29) is 27.7 Å². The number of esters is 2. The second-order valence-corrected chi connectivity index (χ2v) is 8.30. The average Bonchev–Trinajstić information content (AvgIpc) is 3.39. The number of allylic oxidation sites excluding steroid dienone is 2. The fourth-order valence-electron chi connectivity index (χ4n) is 3.28. The first-order valence-electron chi connectivity index (χ1n) is 8.72. The summed E-state index contributed by atoms with van der Waals surface area (Å²) in [6, 6.07) is 0. The smallest absolute Gasteiger partial charge is 0.478 e. The summed E-state index contributed by atoms with van der Waals surface area (Å²) < 4.78 is 64.9. The van der Waals surface area contributed by atoms with Crippen molar-refractivity contribution in [2.45, 2.75) is 29.6 Å². The van der Waals surface area contributed by atoms with Gasteiger partial charge in [-0.1, -0.05) is 23.5 Å². The monoisotopic (exact) mass is 465 g/mol. The number of ether oxygens (including phenoxy) is 2. The molecule has 0 saturated heterocycles. The summed E-state index contributed by atoms with van der Waals surface area (Å²) in [5.74, 6) is -6.01.